The van der Waals surface area contributed by atoms with Crippen LogP contribution in [0.2, 0.25) is 0 Å². The lowest BCUT2D eigenvalue weighted by molar-refractivity contribution is 0.0761. The Morgan fingerprint density at radius 2 is 1.88 bits per heavy atom. The first-order chi connectivity index (χ1) is 12.7. The lowest BCUT2D eigenvalue weighted by Crippen LogP contribution is -2.35. The van der Waals surface area contributed by atoms with Gasteiger partial charge < -0.3 is 4.90 Å². The predicted molar refractivity (Wildman–Crippen MR) is 96.1 cm³/mol. The third-order valence-corrected chi connectivity index (χ3v) is 4.79. The predicted octanol–water partition coefficient (Wildman–Crippen LogP) is 2.45. The Bertz CT molecular complexity index is 925. The normalized spacial score (nSPS) is 16.0. The molecule has 1 aliphatic heterocycles. The molecular formula is C19H20FN5O. The van der Waals surface area contributed by atoms with Crippen LogP contribution in [0.15, 0.2) is 42.5 Å². The van der Waals surface area contributed by atoms with Crippen molar-refractivity contribution in [1.29, 1.82) is 0 Å². The largest absolute Gasteiger partial charge is 0.337 e. The van der Waals surface area contributed by atoms with Crippen LogP contribution in [0.5, 0.6) is 0 Å². The number of H-pyrrole nitrogens is 1. The summed E-state index contributed by atoms with van der Waals surface area (Å²) in [7, 11) is 0. The molecule has 0 saturated carbocycles. The molecule has 1 N–H and O–H groups in total. The summed E-state index contributed by atoms with van der Waals surface area (Å²) in [6.07, 6.45) is 0.867. The zero-order valence-electron chi connectivity index (χ0n) is 14.4. The van der Waals surface area contributed by atoms with E-state index >= 15 is 0 Å². The van der Waals surface area contributed by atoms with Gasteiger partial charge in [0.05, 0.1) is 0 Å². The number of rotatable bonds is 3. The van der Waals surface area contributed by atoms with E-state index in [9.17, 15) is 9.18 Å². The van der Waals surface area contributed by atoms with Crippen LogP contribution in [0.3, 0.4) is 0 Å². The number of aromatic amines is 1. The van der Waals surface area contributed by atoms with Gasteiger partial charge in [0.25, 0.3) is 5.91 Å². The highest BCUT2D eigenvalue weighted by molar-refractivity contribution is 5.97. The molecule has 7 heteroatoms. The Labute approximate surface area is 150 Å². The summed E-state index contributed by atoms with van der Waals surface area (Å²) in [5, 5.41) is 10.6. The van der Waals surface area contributed by atoms with Crippen molar-refractivity contribution in [3.8, 4) is 0 Å². The van der Waals surface area contributed by atoms with Crippen molar-refractivity contribution in [3.63, 3.8) is 0 Å². The summed E-state index contributed by atoms with van der Waals surface area (Å²) in [6, 6.07) is 12.2. The summed E-state index contributed by atoms with van der Waals surface area (Å²) in [6.45, 7) is 3.47. The summed E-state index contributed by atoms with van der Waals surface area (Å²) >= 11 is 0. The molecule has 2 heterocycles. The van der Waals surface area contributed by atoms with Crippen LogP contribution >= 0.6 is 0 Å². The molecule has 4 rings (SSSR count). The maximum Gasteiger partial charge on any atom is 0.253 e. The van der Waals surface area contributed by atoms with Crippen molar-refractivity contribution < 1.29 is 9.18 Å². The molecule has 1 aromatic heterocycles. The van der Waals surface area contributed by atoms with E-state index in [-0.39, 0.29) is 11.7 Å². The van der Waals surface area contributed by atoms with Crippen LogP contribution in [-0.2, 0) is 6.54 Å². The van der Waals surface area contributed by atoms with E-state index < -0.39 is 0 Å². The second-order valence-corrected chi connectivity index (χ2v) is 6.54. The Kier molecular flexibility index (Phi) is 4.62. The van der Waals surface area contributed by atoms with Gasteiger partial charge in [0, 0.05) is 43.9 Å². The molecule has 26 heavy (non-hydrogen) atoms. The topological polar surface area (TPSA) is 65.1 Å². The highest BCUT2D eigenvalue weighted by Gasteiger charge is 2.21. The quantitative estimate of drug-likeness (QED) is 0.785. The van der Waals surface area contributed by atoms with E-state index in [0.717, 1.165) is 25.0 Å². The van der Waals surface area contributed by atoms with E-state index in [0.29, 0.717) is 36.3 Å². The molecule has 134 valence electrons. The van der Waals surface area contributed by atoms with E-state index in [2.05, 4.69) is 20.3 Å². The SMILES string of the molecule is O=C(c1ccc2n[nH]nc2c1)N1CCCN(Cc2ccccc2F)CC1. The highest BCUT2D eigenvalue weighted by Crippen LogP contribution is 2.16. The van der Waals surface area contributed by atoms with Gasteiger partial charge in [-0.2, -0.15) is 15.4 Å². The van der Waals surface area contributed by atoms with Crippen LogP contribution in [-0.4, -0.2) is 57.3 Å². The Morgan fingerprint density at radius 1 is 1.04 bits per heavy atom. The number of carbonyl (C=O) groups is 1. The number of nitrogens with one attached hydrogen (secondary N) is 1. The average Bonchev–Trinajstić information content (AvgIpc) is 3.01. The van der Waals surface area contributed by atoms with Crippen molar-refractivity contribution in [3.05, 3.63) is 59.4 Å². The van der Waals surface area contributed by atoms with E-state index in [4.69, 9.17) is 0 Å². The minimum atomic E-state index is -0.175. The molecule has 0 radical (unpaired) electrons. The number of fused-ring (bicyclic) bond motifs is 1. The van der Waals surface area contributed by atoms with Gasteiger partial charge in [-0.25, -0.2) is 4.39 Å². The first-order valence-corrected chi connectivity index (χ1v) is 8.76. The lowest BCUT2D eigenvalue weighted by atomic mass is 10.1. The number of hydrogen-bond acceptors (Lipinski definition) is 4. The number of carbonyl (C=O) groups excluding carboxylic acids is 1. The molecule has 0 aliphatic carbocycles. The lowest BCUT2D eigenvalue weighted by Gasteiger charge is -2.22. The molecular weight excluding hydrogens is 333 g/mol. The maximum absolute atomic E-state index is 13.9. The van der Waals surface area contributed by atoms with Crippen LogP contribution in [0.4, 0.5) is 4.39 Å². The Hall–Kier alpha value is -2.80. The third-order valence-electron chi connectivity index (χ3n) is 4.79. The average molecular weight is 353 g/mol. The van der Waals surface area contributed by atoms with Gasteiger partial charge in [0.1, 0.15) is 16.9 Å². The van der Waals surface area contributed by atoms with Crippen LogP contribution < -0.4 is 0 Å². The zero-order chi connectivity index (χ0) is 17.9. The number of aromatic nitrogens is 3. The monoisotopic (exact) mass is 353 g/mol. The summed E-state index contributed by atoms with van der Waals surface area (Å²) in [4.78, 5) is 16.9. The molecule has 0 unspecified atom stereocenters. The number of halogens is 1. The van der Waals surface area contributed by atoms with Crippen molar-refractivity contribution in [2.75, 3.05) is 26.2 Å². The molecule has 1 fully saturated rings. The number of nitrogens with zero attached hydrogens (tertiary/aromatic N) is 4. The van der Waals surface area contributed by atoms with Gasteiger partial charge in [-0.3, -0.25) is 9.69 Å². The fourth-order valence-corrected chi connectivity index (χ4v) is 3.36. The standard InChI is InChI=1S/C19H20FN5O/c20-16-5-2-1-4-15(16)13-24-8-3-9-25(11-10-24)19(26)14-6-7-17-18(12-14)22-23-21-17/h1-2,4-7,12H,3,8-11,13H2,(H,21,22,23). The molecule has 1 saturated heterocycles. The number of amides is 1. The van der Waals surface area contributed by atoms with Crippen molar-refractivity contribution in [2.45, 2.75) is 13.0 Å². The summed E-state index contributed by atoms with van der Waals surface area (Å²) in [5.41, 5.74) is 2.75. The number of benzene rings is 2. The van der Waals surface area contributed by atoms with E-state index in [1.165, 1.54) is 6.07 Å². The molecule has 6 nitrogen and oxygen atoms in total. The minimum absolute atomic E-state index is 0.00245. The molecule has 0 spiro atoms. The molecule has 1 amide bonds. The fourth-order valence-electron chi connectivity index (χ4n) is 3.36. The second kappa shape index (κ2) is 7.21. The Morgan fingerprint density at radius 3 is 2.77 bits per heavy atom. The summed E-state index contributed by atoms with van der Waals surface area (Å²) < 4.78 is 13.9. The summed E-state index contributed by atoms with van der Waals surface area (Å²) in [5.74, 6) is -0.173. The van der Waals surface area contributed by atoms with Gasteiger partial charge in [0.15, 0.2) is 0 Å². The smallest absolute Gasteiger partial charge is 0.253 e. The van der Waals surface area contributed by atoms with Gasteiger partial charge in [0.2, 0.25) is 0 Å². The van der Waals surface area contributed by atoms with Gasteiger partial charge >= 0.3 is 0 Å². The van der Waals surface area contributed by atoms with Crippen LogP contribution in [0, 0.1) is 5.82 Å². The minimum Gasteiger partial charge on any atom is -0.337 e. The molecule has 1 aliphatic rings. The van der Waals surface area contributed by atoms with Crippen molar-refractivity contribution in [1.82, 2.24) is 25.2 Å². The third kappa shape index (κ3) is 3.43. The maximum atomic E-state index is 13.9. The molecule has 0 atom stereocenters. The number of hydrogen-bond donors (Lipinski definition) is 1. The molecule has 0 bridgehead atoms. The highest BCUT2D eigenvalue weighted by atomic mass is 19.1. The van der Waals surface area contributed by atoms with Gasteiger partial charge in [-0.15, -0.1) is 0 Å². The van der Waals surface area contributed by atoms with E-state index in [1.807, 2.05) is 17.0 Å². The molecule has 3 aromatic rings. The van der Waals surface area contributed by atoms with Gasteiger partial charge in [-0.05, 0) is 30.7 Å². The second-order valence-electron chi connectivity index (χ2n) is 6.54. The first kappa shape index (κ1) is 16.7. The van der Waals surface area contributed by atoms with Crippen LogP contribution in [0.25, 0.3) is 11.0 Å². The van der Waals surface area contributed by atoms with Crippen molar-refractivity contribution >= 4 is 16.9 Å². The zero-order valence-corrected chi connectivity index (χ0v) is 14.4. The van der Waals surface area contributed by atoms with Gasteiger partial charge in [-0.1, -0.05) is 18.2 Å². The van der Waals surface area contributed by atoms with Crippen LogP contribution in [0.1, 0.15) is 22.3 Å². The Balaban J connectivity index is 1.43. The van der Waals surface area contributed by atoms with Crippen molar-refractivity contribution in [2.24, 2.45) is 0 Å². The first-order valence-electron chi connectivity index (χ1n) is 8.76. The fraction of sp³-hybridized carbons (Fsp3) is 0.316. The van der Waals surface area contributed by atoms with E-state index in [1.54, 1.807) is 24.3 Å². The molecule has 2 aromatic carbocycles.